The normalized spacial score (nSPS) is 11.9. The van der Waals surface area contributed by atoms with Crippen LogP contribution in [-0.4, -0.2) is 34.8 Å². The third-order valence-corrected chi connectivity index (χ3v) is 6.14. The summed E-state index contributed by atoms with van der Waals surface area (Å²) in [4.78, 5) is 7.80. The molecule has 2 heterocycles. The van der Waals surface area contributed by atoms with Crippen LogP contribution in [0.2, 0.25) is 0 Å². The predicted octanol–water partition coefficient (Wildman–Crippen LogP) is 4.75. The number of nitrogens with one attached hydrogen (secondary N) is 1. The number of aromatic amines is 1. The molecule has 3 rings (SSSR count). The van der Waals surface area contributed by atoms with Crippen molar-refractivity contribution in [1.29, 1.82) is 0 Å². The van der Waals surface area contributed by atoms with Crippen LogP contribution in [0.5, 0.6) is 5.75 Å². The molecule has 0 aliphatic carbocycles. The molecular formula is C19H23ClN4O3S2. The first-order chi connectivity index (χ1) is 13.8. The summed E-state index contributed by atoms with van der Waals surface area (Å²) in [6.45, 7) is 4.64. The van der Waals surface area contributed by atoms with E-state index in [-0.39, 0.29) is 4.90 Å². The monoisotopic (exact) mass is 454 g/mol. The summed E-state index contributed by atoms with van der Waals surface area (Å²) in [6, 6.07) is 4.48. The van der Waals surface area contributed by atoms with Gasteiger partial charge in [0.05, 0.1) is 22.8 Å². The Bertz CT molecular complexity index is 1200. The Morgan fingerprint density at radius 1 is 1.28 bits per heavy atom. The molecule has 3 aromatic rings. The Hall–Kier alpha value is -1.97. The Labute approximate surface area is 179 Å². The highest BCUT2D eigenvalue weighted by Gasteiger charge is 2.19. The first kappa shape index (κ1) is 21.7. The van der Waals surface area contributed by atoms with Gasteiger partial charge < -0.3 is 9.72 Å². The molecule has 1 N–H and O–H groups in total. The minimum absolute atomic E-state index is 0.0295. The van der Waals surface area contributed by atoms with E-state index in [1.54, 1.807) is 10.7 Å². The van der Waals surface area contributed by atoms with Crippen molar-refractivity contribution in [2.75, 3.05) is 6.61 Å². The van der Waals surface area contributed by atoms with Crippen LogP contribution in [0.15, 0.2) is 23.1 Å². The minimum atomic E-state index is -3.91. The number of nitrogens with zero attached hydrogens (tertiary/aromatic N) is 3. The summed E-state index contributed by atoms with van der Waals surface area (Å²) in [7, 11) is 3.48. The molecule has 0 fully saturated rings. The second kappa shape index (κ2) is 8.81. The van der Waals surface area contributed by atoms with E-state index in [1.165, 1.54) is 12.1 Å². The van der Waals surface area contributed by atoms with Crippen molar-refractivity contribution in [3.63, 3.8) is 0 Å². The van der Waals surface area contributed by atoms with Crippen LogP contribution in [-0.2, 0) is 22.5 Å². The van der Waals surface area contributed by atoms with Gasteiger partial charge in [-0.2, -0.15) is 5.10 Å². The molecule has 0 bridgehead atoms. The second-order valence-electron chi connectivity index (χ2n) is 6.73. The first-order valence-corrected chi connectivity index (χ1v) is 12.2. The van der Waals surface area contributed by atoms with Gasteiger partial charge in [0.25, 0.3) is 9.05 Å². The van der Waals surface area contributed by atoms with Gasteiger partial charge >= 0.3 is 0 Å². The molecule has 0 spiro atoms. The molecule has 156 valence electrons. The standard InChI is InChI=1S/C19H23ClN4O3S2/c1-4-6-10-27-15-9-8-12(29(20,25)26)11-13(15)18-21-16-14(7-5-2)23-24(3)17(16)19(28)22-18/h8-9,11H,4-7,10H2,1-3H3,(H,21,22,28). The summed E-state index contributed by atoms with van der Waals surface area (Å²) in [6.07, 6.45) is 3.53. The van der Waals surface area contributed by atoms with Crippen molar-refractivity contribution in [3.8, 4) is 17.1 Å². The number of rotatable bonds is 8. The Morgan fingerprint density at radius 3 is 2.69 bits per heavy atom. The highest BCUT2D eigenvalue weighted by atomic mass is 35.7. The lowest BCUT2D eigenvalue weighted by molar-refractivity contribution is 0.310. The molecule has 10 heteroatoms. The van der Waals surface area contributed by atoms with Gasteiger partial charge in [-0.1, -0.05) is 38.9 Å². The van der Waals surface area contributed by atoms with Crippen LogP contribution in [0.1, 0.15) is 38.8 Å². The molecular weight excluding hydrogens is 432 g/mol. The highest BCUT2D eigenvalue weighted by Crippen LogP contribution is 2.33. The first-order valence-electron chi connectivity index (χ1n) is 9.44. The van der Waals surface area contributed by atoms with E-state index in [0.29, 0.717) is 33.9 Å². The number of aryl methyl sites for hydroxylation is 2. The van der Waals surface area contributed by atoms with Crippen LogP contribution in [0.3, 0.4) is 0 Å². The predicted molar refractivity (Wildman–Crippen MR) is 117 cm³/mol. The number of halogens is 1. The van der Waals surface area contributed by atoms with Crippen molar-refractivity contribution in [2.45, 2.75) is 44.4 Å². The van der Waals surface area contributed by atoms with Gasteiger partial charge in [0.2, 0.25) is 0 Å². The fourth-order valence-corrected chi connectivity index (χ4v) is 4.18. The van der Waals surface area contributed by atoms with Crippen molar-refractivity contribution < 1.29 is 13.2 Å². The fraction of sp³-hybridized carbons (Fsp3) is 0.421. The van der Waals surface area contributed by atoms with Crippen LogP contribution in [0, 0.1) is 4.64 Å². The van der Waals surface area contributed by atoms with E-state index in [2.05, 4.69) is 23.9 Å². The Balaban J connectivity index is 2.23. The Morgan fingerprint density at radius 2 is 2.03 bits per heavy atom. The molecule has 0 unspecified atom stereocenters. The summed E-state index contributed by atoms with van der Waals surface area (Å²) in [5.41, 5.74) is 2.77. The van der Waals surface area contributed by atoms with E-state index in [1.807, 2.05) is 7.05 Å². The maximum atomic E-state index is 11.9. The molecule has 29 heavy (non-hydrogen) atoms. The second-order valence-corrected chi connectivity index (χ2v) is 9.70. The average Bonchev–Trinajstić information content (AvgIpc) is 2.97. The molecule has 0 aliphatic rings. The number of fused-ring (bicyclic) bond motifs is 1. The van der Waals surface area contributed by atoms with Crippen LogP contribution < -0.4 is 4.74 Å². The molecule has 0 radical (unpaired) electrons. The van der Waals surface area contributed by atoms with Gasteiger partial charge in [-0.3, -0.25) is 4.68 Å². The van der Waals surface area contributed by atoms with E-state index in [4.69, 9.17) is 32.6 Å². The number of ether oxygens (including phenoxy) is 1. The average molecular weight is 455 g/mol. The Kier molecular flexibility index (Phi) is 6.60. The molecule has 1 aromatic carbocycles. The van der Waals surface area contributed by atoms with Gasteiger partial charge in [0.15, 0.2) is 0 Å². The molecule has 0 atom stereocenters. The zero-order valence-electron chi connectivity index (χ0n) is 16.5. The molecule has 0 saturated carbocycles. The van der Waals surface area contributed by atoms with Crippen LogP contribution in [0.25, 0.3) is 22.4 Å². The molecule has 0 aliphatic heterocycles. The van der Waals surface area contributed by atoms with Gasteiger partial charge in [0.1, 0.15) is 27.2 Å². The maximum absolute atomic E-state index is 11.9. The summed E-state index contributed by atoms with van der Waals surface area (Å²) >= 11 is 5.54. The maximum Gasteiger partial charge on any atom is 0.261 e. The summed E-state index contributed by atoms with van der Waals surface area (Å²) in [5.74, 6) is 0.933. The van der Waals surface area contributed by atoms with Gasteiger partial charge in [-0.25, -0.2) is 13.4 Å². The lowest BCUT2D eigenvalue weighted by atomic mass is 10.1. The minimum Gasteiger partial charge on any atom is -0.493 e. The third kappa shape index (κ3) is 4.62. The number of hydrogen-bond donors (Lipinski definition) is 1. The lowest BCUT2D eigenvalue weighted by Gasteiger charge is -2.12. The van der Waals surface area contributed by atoms with Gasteiger partial charge in [-0.05, 0) is 31.0 Å². The highest BCUT2D eigenvalue weighted by molar-refractivity contribution is 8.13. The van der Waals surface area contributed by atoms with Crippen LogP contribution in [0.4, 0.5) is 0 Å². The van der Waals surface area contributed by atoms with Crippen molar-refractivity contribution >= 4 is 43.0 Å². The SMILES string of the molecule is CCCCOc1ccc(S(=O)(=O)Cl)cc1-c1nc2c(CCC)nn(C)c2c(=S)[nH]1. The lowest BCUT2D eigenvalue weighted by Crippen LogP contribution is -2.02. The zero-order chi connectivity index (χ0) is 21.2. The fourth-order valence-electron chi connectivity index (χ4n) is 3.08. The van der Waals surface area contributed by atoms with Gasteiger partial charge in [-0.15, -0.1) is 0 Å². The van der Waals surface area contributed by atoms with E-state index in [0.717, 1.165) is 36.9 Å². The van der Waals surface area contributed by atoms with E-state index in [9.17, 15) is 8.42 Å². The number of H-pyrrole nitrogens is 1. The van der Waals surface area contributed by atoms with Crippen molar-refractivity contribution in [2.24, 2.45) is 7.05 Å². The third-order valence-electron chi connectivity index (χ3n) is 4.49. The van der Waals surface area contributed by atoms with E-state index < -0.39 is 9.05 Å². The number of hydrogen-bond acceptors (Lipinski definition) is 6. The number of benzene rings is 1. The smallest absolute Gasteiger partial charge is 0.261 e. The molecule has 0 saturated heterocycles. The zero-order valence-corrected chi connectivity index (χ0v) is 18.9. The van der Waals surface area contributed by atoms with Crippen molar-refractivity contribution in [1.82, 2.24) is 19.7 Å². The number of unbranched alkanes of at least 4 members (excludes halogenated alkanes) is 1. The summed E-state index contributed by atoms with van der Waals surface area (Å²) < 4.78 is 31.8. The topological polar surface area (TPSA) is 89.9 Å². The van der Waals surface area contributed by atoms with Crippen LogP contribution >= 0.6 is 22.9 Å². The number of aromatic nitrogens is 4. The summed E-state index contributed by atoms with van der Waals surface area (Å²) in [5, 5.41) is 4.53. The molecule has 0 amide bonds. The van der Waals surface area contributed by atoms with E-state index >= 15 is 0 Å². The van der Waals surface area contributed by atoms with Crippen molar-refractivity contribution in [3.05, 3.63) is 28.5 Å². The molecule has 7 nitrogen and oxygen atoms in total. The molecule has 2 aromatic heterocycles. The quantitative estimate of drug-likeness (QED) is 0.300. The van der Waals surface area contributed by atoms with Gasteiger partial charge in [0, 0.05) is 17.7 Å². The largest absolute Gasteiger partial charge is 0.493 e.